The molecule has 4 nitrogen and oxygen atoms in total. The van der Waals surface area contributed by atoms with Crippen LogP contribution in [0.2, 0.25) is 13.1 Å². The number of hydrogen-bond acceptors (Lipinski definition) is 4. The van der Waals surface area contributed by atoms with Crippen LogP contribution in [-0.2, 0) is 9.22 Å². The number of unbranched alkanes of at least 4 members (excludes halogenated alkanes) is 1. The minimum Gasteiger partial charge on any atom is -0.494 e. The molecule has 1 aromatic rings. The third-order valence-corrected chi connectivity index (χ3v) is 5.37. The lowest BCUT2D eigenvalue weighted by molar-refractivity contribution is -0.130. The van der Waals surface area contributed by atoms with E-state index in [-0.39, 0.29) is 11.2 Å². The first-order chi connectivity index (χ1) is 12.1. The molecule has 1 aliphatic carbocycles. The summed E-state index contributed by atoms with van der Waals surface area (Å²) in [6, 6.07) is 9.70. The lowest BCUT2D eigenvalue weighted by atomic mass is 9.85. The van der Waals surface area contributed by atoms with Crippen molar-refractivity contribution < 1.29 is 19.1 Å². The Labute approximate surface area is 158 Å². The molecular weight excluding hydrogens is 344 g/mol. The van der Waals surface area contributed by atoms with E-state index in [4.69, 9.17) is 9.16 Å². The fourth-order valence-corrected chi connectivity index (χ4v) is 4.13. The van der Waals surface area contributed by atoms with Gasteiger partial charge in [-0.3, -0.25) is 4.79 Å². The van der Waals surface area contributed by atoms with E-state index in [1.165, 1.54) is 0 Å². The van der Waals surface area contributed by atoms with E-state index in [2.05, 4.69) is 0 Å². The Morgan fingerprint density at radius 1 is 1.15 bits per heavy atom. The molecule has 1 N–H and O–H groups in total. The zero-order valence-electron chi connectivity index (χ0n) is 16.6. The minimum absolute atomic E-state index is 0.0539. The molecule has 0 saturated heterocycles. The van der Waals surface area contributed by atoms with Gasteiger partial charge in [-0.25, -0.2) is 0 Å². The van der Waals surface area contributed by atoms with Crippen LogP contribution < -0.4 is 4.74 Å². The highest BCUT2D eigenvalue weighted by Crippen LogP contribution is 2.40. The summed E-state index contributed by atoms with van der Waals surface area (Å²) in [6.45, 7) is 10.6. The Morgan fingerprint density at radius 2 is 1.81 bits per heavy atom. The second-order valence-corrected chi connectivity index (χ2v) is 10.7. The van der Waals surface area contributed by atoms with E-state index >= 15 is 0 Å². The summed E-state index contributed by atoms with van der Waals surface area (Å²) in [6.07, 6.45) is 3.09. The zero-order chi connectivity index (χ0) is 19.4. The molecule has 0 amide bonds. The van der Waals surface area contributed by atoms with Gasteiger partial charge in [-0.15, -0.1) is 0 Å². The van der Waals surface area contributed by atoms with Crippen LogP contribution >= 0.6 is 0 Å². The topological polar surface area (TPSA) is 55.8 Å². The van der Waals surface area contributed by atoms with Crippen molar-refractivity contribution in [3.63, 3.8) is 0 Å². The van der Waals surface area contributed by atoms with Crippen molar-refractivity contribution in [3.05, 3.63) is 42.0 Å². The largest absolute Gasteiger partial charge is 0.494 e. The Kier molecular flexibility index (Phi) is 6.83. The summed E-state index contributed by atoms with van der Waals surface area (Å²) < 4.78 is 11.6. The minimum atomic E-state index is -1.45. The third-order valence-electron chi connectivity index (χ3n) is 4.55. The molecule has 1 aliphatic rings. The molecule has 2 unspecified atom stereocenters. The van der Waals surface area contributed by atoms with Crippen LogP contribution in [0.4, 0.5) is 0 Å². The normalized spacial score (nSPS) is 23.4. The highest BCUT2D eigenvalue weighted by atomic mass is 28.3. The molecule has 0 aromatic heterocycles. The van der Waals surface area contributed by atoms with Gasteiger partial charge >= 0.3 is 0 Å². The van der Waals surface area contributed by atoms with Crippen molar-refractivity contribution in [1.29, 1.82) is 0 Å². The SMILES string of the molecule is C[SiH](C)OC1C(=O)C(C(C)(C)C)=CC1(O)CCCCOc1ccccc1. The summed E-state index contributed by atoms with van der Waals surface area (Å²) in [5.74, 6) is 0.797. The number of ether oxygens (including phenoxy) is 1. The second kappa shape index (κ2) is 8.50. The van der Waals surface area contributed by atoms with Gasteiger partial charge in [-0.1, -0.05) is 39.0 Å². The van der Waals surface area contributed by atoms with E-state index in [1.54, 1.807) is 6.08 Å². The smallest absolute Gasteiger partial charge is 0.189 e. The Bertz CT molecular complexity index is 633. The third kappa shape index (κ3) is 5.28. The van der Waals surface area contributed by atoms with Crippen LogP contribution in [0, 0.1) is 5.41 Å². The molecule has 0 bridgehead atoms. The summed E-state index contributed by atoms with van der Waals surface area (Å²) in [4.78, 5) is 12.8. The van der Waals surface area contributed by atoms with Crippen LogP contribution in [0.25, 0.3) is 0 Å². The van der Waals surface area contributed by atoms with E-state index in [0.29, 0.717) is 18.6 Å². The maximum atomic E-state index is 12.8. The number of aliphatic hydroxyl groups is 1. The van der Waals surface area contributed by atoms with Gasteiger partial charge in [0.1, 0.15) is 17.5 Å². The van der Waals surface area contributed by atoms with Crippen molar-refractivity contribution >= 4 is 14.8 Å². The summed E-state index contributed by atoms with van der Waals surface area (Å²) in [5, 5.41) is 11.2. The highest BCUT2D eigenvalue weighted by molar-refractivity contribution is 6.48. The van der Waals surface area contributed by atoms with Crippen LogP contribution in [0.1, 0.15) is 40.0 Å². The monoisotopic (exact) mass is 376 g/mol. The van der Waals surface area contributed by atoms with Gasteiger partial charge in [0.15, 0.2) is 14.8 Å². The van der Waals surface area contributed by atoms with Crippen molar-refractivity contribution in [2.45, 2.75) is 64.8 Å². The van der Waals surface area contributed by atoms with Gasteiger partial charge in [-0.2, -0.15) is 0 Å². The highest BCUT2D eigenvalue weighted by Gasteiger charge is 2.49. The molecular formula is C21H32O4Si. The van der Waals surface area contributed by atoms with Crippen molar-refractivity contribution in [3.8, 4) is 5.75 Å². The average molecular weight is 377 g/mol. The molecule has 1 aromatic carbocycles. The Morgan fingerprint density at radius 3 is 2.38 bits per heavy atom. The van der Waals surface area contributed by atoms with Gasteiger partial charge in [0.25, 0.3) is 0 Å². The van der Waals surface area contributed by atoms with Gasteiger partial charge < -0.3 is 14.3 Å². The molecule has 0 aliphatic heterocycles. The fourth-order valence-electron chi connectivity index (χ4n) is 3.22. The average Bonchev–Trinajstić information content (AvgIpc) is 2.80. The van der Waals surface area contributed by atoms with Crippen LogP contribution in [-0.4, -0.2) is 38.2 Å². The molecule has 0 spiro atoms. The molecule has 0 radical (unpaired) electrons. The van der Waals surface area contributed by atoms with Crippen molar-refractivity contribution in [1.82, 2.24) is 0 Å². The predicted octanol–water partition coefficient (Wildman–Crippen LogP) is 3.89. The Balaban J connectivity index is 1.96. The maximum absolute atomic E-state index is 12.8. The van der Waals surface area contributed by atoms with Crippen molar-refractivity contribution in [2.24, 2.45) is 5.41 Å². The molecule has 0 fully saturated rings. The molecule has 2 rings (SSSR count). The molecule has 0 saturated carbocycles. The first kappa shape index (κ1) is 20.9. The van der Waals surface area contributed by atoms with E-state index in [1.807, 2.05) is 64.2 Å². The number of ketones is 1. The van der Waals surface area contributed by atoms with E-state index < -0.39 is 20.7 Å². The Hall–Kier alpha value is -1.43. The fraction of sp³-hybridized carbons (Fsp3) is 0.571. The number of carbonyl (C=O) groups excluding carboxylic acids is 1. The number of hydrogen-bond donors (Lipinski definition) is 1. The van der Waals surface area contributed by atoms with Crippen molar-refractivity contribution in [2.75, 3.05) is 6.61 Å². The van der Waals surface area contributed by atoms with Crippen LogP contribution in [0.5, 0.6) is 5.75 Å². The summed E-state index contributed by atoms with van der Waals surface area (Å²) >= 11 is 0. The predicted molar refractivity (Wildman–Crippen MR) is 107 cm³/mol. The lowest BCUT2D eigenvalue weighted by Crippen LogP contribution is -2.45. The quantitative estimate of drug-likeness (QED) is 0.552. The van der Waals surface area contributed by atoms with E-state index in [9.17, 15) is 9.90 Å². The molecule has 5 heteroatoms. The second-order valence-electron chi connectivity index (χ2n) is 8.35. The lowest BCUT2D eigenvalue weighted by Gasteiger charge is -2.30. The first-order valence-corrected chi connectivity index (χ1v) is 12.2. The van der Waals surface area contributed by atoms with Crippen LogP contribution in [0.3, 0.4) is 0 Å². The van der Waals surface area contributed by atoms with E-state index in [0.717, 1.165) is 18.6 Å². The number of carbonyl (C=O) groups is 1. The van der Waals surface area contributed by atoms with Gasteiger partial charge in [-0.05, 0) is 56.0 Å². The molecule has 0 heterocycles. The summed E-state index contributed by atoms with van der Waals surface area (Å²) in [7, 11) is -1.45. The molecule has 2 atom stereocenters. The number of Topliss-reactive ketones (excluding diaryl/α,β-unsaturated/α-hetero) is 1. The van der Waals surface area contributed by atoms with Gasteiger partial charge in [0.2, 0.25) is 0 Å². The number of para-hydroxylation sites is 1. The first-order valence-electron chi connectivity index (χ1n) is 9.47. The van der Waals surface area contributed by atoms with Crippen LogP contribution in [0.15, 0.2) is 42.0 Å². The number of benzene rings is 1. The summed E-state index contributed by atoms with van der Waals surface area (Å²) in [5.41, 5.74) is -0.817. The standard InChI is InChI=1S/C21H32O4Si/c1-20(2,3)17-15-21(23,19(18(17)22)25-26(4)5)13-9-10-14-24-16-11-7-6-8-12-16/h6-8,11-12,15,19,23,26H,9-10,13-14H2,1-5H3. The molecule has 144 valence electrons. The maximum Gasteiger partial charge on any atom is 0.189 e. The zero-order valence-corrected chi connectivity index (χ0v) is 17.8. The number of rotatable bonds is 8. The van der Waals surface area contributed by atoms with Gasteiger partial charge in [0.05, 0.1) is 6.61 Å². The van der Waals surface area contributed by atoms with Gasteiger partial charge in [0, 0.05) is 5.57 Å². The molecule has 26 heavy (non-hydrogen) atoms.